The molecule has 0 saturated carbocycles. The van der Waals surface area contributed by atoms with Crippen LogP contribution in [0.5, 0.6) is 0 Å². The minimum absolute atomic E-state index is 0.185. The molecule has 0 fully saturated rings. The van der Waals surface area contributed by atoms with Crippen LogP contribution in [0.15, 0.2) is 28.9 Å². The van der Waals surface area contributed by atoms with Crippen LogP contribution in [-0.4, -0.2) is 5.16 Å². The second kappa shape index (κ2) is 6.16. The standard InChI is InChI=1S/C23H31NO/c1-8-16(12-18-10-11-24-25-18)19-14-21-20(13-17(19)9-2)22(4,5)15(3)23(21,6)7/h10-15H,8-9H2,1-7H3. The van der Waals surface area contributed by atoms with Gasteiger partial charge in [-0.15, -0.1) is 0 Å². The fourth-order valence-corrected chi connectivity index (χ4v) is 4.51. The molecule has 0 N–H and O–H groups in total. The highest BCUT2D eigenvalue weighted by molar-refractivity contribution is 5.82. The Hall–Kier alpha value is -1.83. The molecular weight excluding hydrogens is 306 g/mol. The van der Waals surface area contributed by atoms with Crippen molar-refractivity contribution in [3.05, 3.63) is 52.4 Å². The van der Waals surface area contributed by atoms with Gasteiger partial charge in [0.05, 0.1) is 6.20 Å². The molecule has 1 aliphatic carbocycles. The SMILES string of the molecule is CCC(=Cc1ccno1)c1cc2c(cc1CC)C(C)(C)C(C)C2(C)C. The zero-order valence-corrected chi connectivity index (χ0v) is 16.7. The minimum atomic E-state index is 0.185. The molecule has 2 nitrogen and oxygen atoms in total. The molecule has 1 atom stereocenters. The van der Waals surface area contributed by atoms with Gasteiger partial charge in [0.15, 0.2) is 5.76 Å². The van der Waals surface area contributed by atoms with Crippen LogP contribution in [0.4, 0.5) is 0 Å². The second-order valence-corrected chi connectivity index (χ2v) is 8.51. The van der Waals surface area contributed by atoms with Gasteiger partial charge in [-0.05, 0) is 63.5 Å². The second-order valence-electron chi connectivity index (χ2n) is 8.51. The molecule has 1 heterocycles. The Morgan fingerprint density at radius 2 is 1.76 bits per heavy atom. The van der Waals surface area contributed by atoms with E-state index in [4.69, 9.17) is 4.52 Å². The quantitative estimate of drug-likeness (QED) is 0.646. The van der Waals surface area contributed by atoms with Crippen molar-refractivity contribution in [1.29, 1.82) is 0 Å². The predicted octanol–water partition coefficient (Wildman–Crippen LogP) is 6.39. The lowest BCUT2D eigenvalue weighted by molar-refractivity contribution is 0.264. The van der Waals surface area contributed by atoms with E-state index in [1.54, 1.807) is 6.20 Å². The molecule has 0 radical (unpaired) electrons. The largest absolute Gasteiger partial charge is 0.357 e. The van der Waals surface area contributed by atoms with E-state index in [9.17, 15) is 0 Å². The highest BCUT2D eigenvalue weighted by Gasteiger charge is 2.48. The normalized spacial score (nSPS) is 21.4. The Morgan fingerprint density at radius 1 is 1.12 bits per heavy atom. The number of rotatable bonds is 4. The summed E-state index contributed by atoms with van der Waals surface area (Å²) in [5, 5.41) is 3.84. The fraction of sp³-hybridized carbons (Fsp3) is 0.522. The predicted molar refractivity (Wildman–Crippen MR) is 106 cm³/mol. The Balaban J connectivity index is 2.22. The maximum Gasteiger partial charge on any atom is 0.159 e. The zero-order chi connectivity index (χ0) is 18.4. The topological polar surface area (TPSA) is 26.0 Å². The smallest absolute Gasteiger partial charge is 0.159 e. The van der Waals surface area contributed by atoms with Gasteiger partial charge in [0, 0.05) is 6.07 Å². The summed E-state index contributed by atoms with van der Waals surface area (Å²) in [5.74, 6) is 1.44. The summed E-state index contributed by atoms with van der Waals surface area (Å²) in [5.41, 5.74) is 7.56. The van der Waals surface area contributed by atoms with Crippen LogP contribution >= 0.6 is 0 Å². The van der Waals surface area contributed by atoms with Crippen LogP contribution in [0.2, 0.25) is 0 Å². The van der Waals surface area contributed by atoms with Crippen molar-refractivity contribution < 1.29 is 4.52 Å². The number of aryl methyl sites for hydroxylation is 1. The van der Waals surface area contributed by atoms with Gasteiger partial charge in [-0.1, -0.05) is 65.8 Å². The number of aromatic nitrogens is 1. The molecule has 0 bridgehead atoms. The molecule has 1 unspecified atom stereocenters. The molecule has 1 aliphatic rings. The highest BCUT2D eigenvalue weighted by atomic mass is 16.5. The van der Waals surface area contributed by atoms with Crippen LogP contribution in [0, 0.1) is 5.92 Å². The van der Waals surface area contributed by atoms with Crippen LogP contribution in [0.3, 0.4) is 0 Å². The van der Waals surface area contributed by atoms with Gasteiger partial charge in [0.25, 0.3) is 0 Å². The highest BCUT2D eigenvalue weighted by Crippen LogP contribution is 2.54. The monoisotopic (exact) mass is 337 g/mol. The Bertz CT molecular complexity index is 794. The third-order valence-electron chi connectivity index (χ3n) is 6.68. The number of nitrogens with zero attached hydrogens (tertiary/aromatic N) is 1. The Labute approximate surface area is 152 Å². The zero-order valence-electron chi connectivity index (χ0n) is 16.7. The molecule has 0 amide bonds. The van der Waals surface area contributed by atoms with E-state index >= 15 is 0 Å². The molecule has 1 aromatic heterocycles. The molecule has 0 aliphatic heterocycles. The van der Waals surface area contributed by atoms with E-state index in [1.165, 1.54) is 27.8 Å². The van der Waals surface area contributed by atoms with Crippen molar-refractivity contribution in [2.24, 2.45) is 5.92 Å². The van der Waals surface area contributed by atoms with Gasteiger partial charge in [-0.3, -0.25) is 0 Å². The first-order valence-corrected chi connectivity index (χ1v) is 9.52. The van der Waals surface area contributed by atoms with E-state index < -0.39 is 0 Å². The van der Waals surface area contributed by atoms with Gasteiger partial charge in [-0.25, -0.2) is 0 Å². The van der Waals surface area contributed by atoms with Crippen molar-refractivity contribution in [2.45, 2.75) is 72.1 Å². The van der Waals surface area contributed by atoms with E-state index in [2.05, 4.69) is 71.8 Å². The van der Waals surface area contributed by atoms with Crippen LogP contribution in [0.25, 0.3) is 11.6 Å². The van der Waals surface area contributed by atoms with Crippen LogP contribution in [-0.2, 0) is 17.3 Å². The summed E-state index contributed by atoms with van der Waals surface area (Å²) in [6, 6.07) is 6.86. The van der Waals surface area contributed by atoms with E-state index in [-0.39, 0.29) is 10.8 Å². The summed E-state index contributed by atoms with van der Waals surface area (Å²) < 4.78 is 5.32. The summed E-state index contributed by atoms with van der Waals surface area (Å²) in [6.07, 6.45) is 5.87. The van der Waals surface area contributed by atoms with Crippen LogP contribution in [0.1, 0.15) is 82.9 Å². The van der Waals surface area contributed by atoms with Gasteiger partial charge < -0.3 is 4.52 Å². The maximum absolute atomic E-state index is 5.32. The van der Waals surface area contributed by atoms with Gasteiger partial charge >= 0.3 is 0 Å². The molecule has 2 heteroatoms. The number of hydrogen-bond acceptors (Lipinski definition) is 2. The number of benzene rings is 1. The third-order valence-corrected chi connectivity index (χ3v) is 6.68. The molecule has 1 aromatic carbocycles. The Morgan fingerprint density at radius 3 is 2.28 bits per heavy atom. The average Bonchev–Trinajstić information content (AvgIpc) is 3.14. The Kier molecular flexibility index (Phi) is 4.43. The molecule has 0 saturated heterocycles. The van der Waals surface area contributed by atoms with E-state index in [0.717, 1.165) is 18.6 Å². The minimum Gasteiger partial charge on any atom is -0.357 e. The fourth-order valence-electron chi connectivity index (χ4n) is 4.51. The van der Waals surface area contributed by atoms with Crippen LogP contribution < -0.4 is 0 Å². The van der Waals surface area contributed by atoms with Crippen molar-refractivity contribution in [3.8, 4) is 0 Å². The molecule has 134 valence electrons. The van der Waals surface area contributed by atoms with Crippen molar-refractivity contribution in [1.82, 2.24) is 5.16 Å². The average molecular weight is 338 g/mol. The molecule has 2 aromatic rings. The van der Waals surface area contributed by atoms with E-state index in [0.29, 0.717) is 5.92 Å². The lowest BCUT2D eigenvalue weighted by Gasteiger charge is -2.32. The summed E-state index contributed by atoms with van der Waals surface area (Å²) >= 11 is 0. The first-order chi connectivity index (χ1) is 11.7. The van der Waals surface area contributed by atoms with Crippen molar-refractivity contribution in [3.63, 3.8) is 0 Å². The summed E-state index contributed by atoms with van der Waals surface area (Å²) in [6.45, 7) is 16.5. The number of allylic oxidation sites excluding steroid dienone is 1. The number of fused-ring (bicyclic) bond motifs is 1. The molecular formula is C23H31NO. The van der Waals surface area contributed by atoms with E-state index in [1.807, 2.05) is 6.07 Å². The van der Waals surface area contributed by atoms with Gasteiger partial charge in [0.1, 0.15) is 0 Å². The first kappa shape index (κ1) is 18.0. The molecule has 25 heavy (non-hydrogen) atoms. The number of hydrogen-bond donors (Lipinski definition) is 0. The first-order valence-electron chi connectivity index (χ1n) is 9.52. The summed E-state index contributed by atoms with van der Waals surface area (Å²) in [4.78, 5) is 0. The summed E-state index contributed by atoms with van der Waals surface area (Å²) in [7, 11) is 0. The van der Waals surface area contributed by atoms with Gasteiger partial charge in [-0.2, -0.15) is 0 Å². The van der Waals surface area contributed by atoms with Gasteiger partial charge in [0.2, 0.25) is 0 Å². The third kappa shape index (κ3) is 2.76. The maximum atomic E-state index is 5.32. The van der Waals surface area contributed by atoms with Crippen molar-refractivity contribution in [2.75, 3.05) is 0 Å². The van der Waals surface area contributed by atoms with Crippen molar-refractivity contribution >= 4 is 11.6 Å². The lowest BCUT2D eigenvalue weighted by atomic mass is 9.71. The molecule has 0 spiro atoms. The lowest BCUT2D eigenvalue weighted by Crippen LogP contribution is -2.30. The molecule has 3 rings (SSSR count).